The van der Waals surface area contributed by atoms with E-state index in [1.807, 2.05) is 38.1 Å². The van der Waals surface area contributed by atoms with Gasteiger partial charge in [0.15, 0.2) is 9.84 Å². The van der Waals surface area contributed by atoms with E-state index in [4.69, 9.17) is 4.42 Å². The molecule has 0 radical (unpaired) electrons. The van der Waals surface area contributed by atoms with E-state index in [-0.39, 0.29) is 5.92 Å². The molecule has 1 aliphatic carbocycles. The van der Waals surface area contributed by atoms with Crippen molar-refractivity contribution in [2.45, 2.75) is 43.8 Å². The highest BCUT2D eigenvalue weighted by atomic mass is 32.2. The Hall–Kier alpha value is -1.89. The zero-order valence-electron chi connectivity index (χ0n) is 14.1. The first kappa shape index (κ1) is 17.0. The summed E-state index contributed by atoms with van der Waals surface area (Å²) < 4.78 is 29.6. The topological polar surface area (TPSA) is 93.0 Å². The monoisotopic (exact) mass is 350 g/mol. The second kappa shape index (κ2) is 5.88. The summed E-state index contributed by atoms with van der Waals surface area (Å²) in [6, 6.07) is 7.74. The molecular formula is C17H22N2O4S. The summed E-state index contributed by atoms with van der Waals surface area (Å²) in [6.45, 7) is 3.92. The van der Waals surface area contributed by atoms with E-state index in [1.54, 1.807) is 0 Å². The SMILES string of the molecule is CC(C)(C[C@@H]1Cc2ccccc2C(S(C)(=O)=O)C1)c1n[nH]c(=O)o1. The van der Waals surface area contributed by atoms with Crippen LogP contribution in [0.15, 0.2) is 33.5 Å². The minimum atomic E-state index is -3.18. The molecule has 3 rings (SSSR count). The van der Waals surface area contributed by atoms with Gasteiger partial charge in [0.05, 0.1) is 5.25 Å². The molecule has 0 fully saturated rings. The molecule has 0 saturated heterocycles. The summed E-state index contributed by atoms with van der Waals surface area (Å²) >= 11 is 0. The maximum absolute atomic E-state index is 12.3. The van der Waals surface area contributed by atoms with E-state index in [0.29, 0.717) is 18.7 Å². The van der Waals surface area contributed by atoms with E-state index in [9.17, 15) is 13.2 Å². The Morgan fingerprint density at radius 2 is 2.04 bits per heavy atom. The predicted molar refractivity (Wildman–Crippen MR) is 90.6 cm³/mol. The Bertz CT molecular complexity index is 895. The second-order valence-electron chi connectivity index (χ2n) is 7.33. The maximum atomic E-state index is 12.3. The Balaban J connectivity index is 1.90. The lowest BCUT2D eigenvalue weighted by atomic mass is 9.74. The number of sulfone groups is 1. The fraction of sp³-hybridized carbons (Fsp3) is 0.529. The quantitative estimate of drug-likeness (QED) is 0.914. The minimum Gasteiger partial charge on any atom is -0.392 e. The standard InChI is InChI=1S/C17H22N2O4S/c1-17(2,15-18-19-16(20)23-15)10-11-8-12-6-4-5-7-13(12)14(9-11)24(3,21)22/h4-7,11,14H,8-10H2,1-3H3,(H,19,20)/t11-,14?/m1/s1. The average Bonchev–Trinajstić information content (AvgIpc) is 2.92. The van der Waals surface area contributed by atoms with Crippen LogP contribution in [-0.2, 0) is 21.7 Å². The highest BCUT2D eigenvalue weighted by Crippen LogP contribution is 2.42. The van der Waals surface area contributed by atoms with Crippen molar-refractivity contribution in [1.29, 1.82) is 0 Å². The second-order valence-corrected chi connectivity index (χ2v) is 9.56. The molecule has 1 aliphatic rings. The minimum absolute atomic E-state index is 0.177. The molecule has 0 amide bonds. The van der Waals surface area contributed by atoms with Crippen molar-refractivity contribution < 1.29 is 12.8 Å². The van der Waals surface area contributed by atoms with Crippen LogP contribution in [0.2, 0.25) is 0 Å². The molecule has 2 atom stereocenters. The molecule has 1 N–H and O–H groups in total. The third-order valence-electron chi connectivity index (χ3n) is 4.79. The molecule has 2 aromatic rings. The van der Waals surface area contributed by atoms with E-state index in [1.165, 1.54) is 6.26 Å². The number of aromatic amines is 1. The van der Waals surface area contributed by atoms with Gasteiger partial charge in [-0.05, 0) is 36.3 Å². The van der Waals surface area contributed by atoms with Gasteiger partial charge in [0.1, 0.15) is 0 Å². The van der Waals surface area contributed by atoms with E-state index in [0.717, 1.165) is 17.5 Å². The van der Waals surface area contributed by atoms with E-state index in [2.05, 4.69) is 10.2 Å². The average molecular weight is 350 g/mol. The highest BCUT2D eigenvalue weighted by molar-refractivity contribution is 7.90. The molecule has 7 heteroatoms. The molecule has 1 aromatic carbocycles. The van der Waals surface area contributed by atoms with Gasteiger partial charge >= 0.3 is 5.76 Å². The van der Waals surface area contributed by atoms with Crippen molar-refractivity contribution in [3.8, 4) is 0 Å². The number of rotatable bonds is 4. The molecule has 0 saturated carbocycles. The van der Waals surface area contributed by atoms with Gasteiger partial charge in [0.25, 0.3) is 0 Å². The predicted octanol–water partition coefficient (Wildman–Crippen LogP) is 2.38. The number of hydrogen-bond acceptors (Lipinski definition) is 5. The Labute approximate surface area is 141 Å². The van der Waals surface area contributed by atoms with Gasteiger partial charge in [-0.15, -0.1) is 5.10 Å². The number of nitrogens with one attached hydrogen (secondary N) is 1. The summed E-state index contributed by atoms with van der Waals surface area (Å²) in [5, 5.41) is 5.76. The van der Waals surface area contributed by atoms with Crippen LogP contribution in [0.1, 0.15) is 49.0 Å². The van der Waals surface area contributed by atoms with Gasteiger partial charge in [-0.2, -0.15) is 0 Å². The first-order valence-electron chi connectivity index (χ1n) is 7.99. The first-order valence-corrected chi connectivity index (χ1v) is 9.95. The summed E-state index contributed by atoms with van der Waals surface area (Å²) in [7, 11) is -3.18. The van der Waals surface area contributed by atoms with Gasteiger partial charge in [0, 0.05) is 11.7 Å². The number of aromatic nitrogens is 2. The van der Waals surface area contributed by atoms with Crippen molar-refractivity contribution in [2.24, 2.45) is 5.92 Å². The number of fused-ring (bicyclic) bond motifs is 1. The fourth-order valence-corrected chi connectivity index (χ4v) is 5.06. The molecule has 130 valence electrons. The molecule has 24 heavy (non-hydrogen) atoms. The van der Waals surface area contributed by atoms with Crippen LogP contribution in [0.3, 0.4) is 0 Å². The number of nitrogens with zero attached hydrogens (tertiary/aromatic N) is 1. The Morgan fingerprint density at radius 3 is 2.67 bits per heavy atom. The van der Waals surface area contributed by atoms with Gasteiger partial charge in [-0.1, -0.05) is 38.1 Å². The fourth-order valence-electron chi connectivity index (χ4n) is 3.75. The van der Waals surface area contributed by atoms with Crippen LogP contribution < -0.4 is 5.76 Å². The molecular weight excluding hydrogens is 328 g/mol. The normalized spacial score (nSPS) is 21.5. The van der Waals surface area contributed by atoms with Crippen LogP contribution >= 0.6 is 0 Å². The largest absolute Gasteiger partial charge is 0.434 e. The van der Waals surface area contributed by atoms with Crippen molar-refractivity contribution >= 4 is 9.84 Å². The van der Waals surface area contributed by atoms with Crippen molar-refractivity contribution in [2.75, 3.05) is 6.26 Å². The van der Waals surface area contributed by atoms with Crippen LogP contribution in [0.5, 0.6) is 0 Å². The van der Waals surface area contributed by atoms with E-state index < -0.39 is 26.3 Å². The molecule has 0 bridgehead atoms. The van der Waals surface area contributed by atoms with Crippen molar-refractivity contribution in [1.82, 2.24) is 10.2 Å². The zero-order chi connectivity index (χ0) is 17.5. The van der Waals surface area contributed by atoms with Crippen LogP contribution in [0.4, 0.5) is 0 Å². The maximum Gasteiger partial charge on any atom is 0.434 e. The Morgan fingerprint density at radius 1 is 1.33 bits per heavy atom. The number of hydrogen-bond donors (Lipinski definition) is 1. The molecule has 1 aromatic heterocycles. The summed E-state index contributed by atoms with van der Waals surface area (Å²) in [5.74, 6) is -0.0278. The van der Waals surface area contributed by atoms with Crippen molar-refractivity contribution in [3.63, 3.8) is 0 Å². The lowest BCUT2D eigenvalue weighted by molar-refractivity contribution is 0.272. The third kappa shape index (κ3) is 3.31. The summed E-state index contributed by atoms with van der Waals surface area (Å²) in [4.78, 5) is 11.2. The first-order chi connectivity index (χ1) is 11.2. The van der Waals surface area contributed by atoms with Crippen LogP contribution in [0.25, 0.3) is 0 Å². The molecule has 1 heterocycles. The van der Waals surface area contributed by atoms with Gasteiger partial charge < -0.3 is 4.42 Å². The van der Waals surface area contributed by atoms with Gasteiger partial charge in [0.2, 0.25) is 5.89 Å². The van der Waals surface area contributed by atoms with Gasteiger partial charge in [-0.3, -0.25) is 0 Å². The third-order valence-corrected chi connectivity index (χ3v) is 6.27. The molecule has 1 unspecified atom stereocenters. The molecule has 0 spiro atoms. The smallest absolute Gasteiger partial charge is 0.392 e. The number of benzene rings is 1. The van der Waals surface area contributed by atoms with Gasteiger partial charge in [-0.25, -0.2) is 18.3 Å². The summed E-state index contributed by atoms with van der Waals surface area (Å²) in [5.41, 5.74) is 1.56. The van der Waals surface area contributed by atoms with Crippen LogP contribution in [0, 0.1) is 5.92 Å². The highest BCUT2D eigenvalue weighted by Gasteiger charge is 2.37. The van der Waals surface area contributed by atoms with E-state index >= 15 is 0 Å². The number of H-pyrrole nitrogens is 1. The lowest BCUT2D eigenvalue weighted by Crippen LogP contribution is -2.29. The Kier molecular flexibility index (Phi) is 4.15. The lowest BCUT2D eigenvalue weighted by Gasteiger charge is -2.34. The molecule has 6 nitrogen and oxygen atoms in total. The van der Waals surface area contributed by atoms with Crippen LogP contribution in [-0.4, -0.2) is 24.9 Å². The van der Waals surface area contributed by atoms with Crippen molar-refractivity contribution in [3.05, 3.63) is 51.8 Å². The molecule has 0 aliphatic heterocycles. The summed E-state index contributed by atoms with van der Waals surface area (Å²) in [6.07, 6.45) is 3.39. The zero-order valence-corrected chi connectivity index (χ0v) is 14.9.